The van der Waals surface area contributed by atoms with E-state index >= 15 is 0 Å². The summed E-state index contributed by atoms with van der Waals surface area (Å²) < 4.78 is 27.9. The lowest BCUT2D eigenvalue weighted by Gasteiger charge is -2.39. The molecule has 5 nitrogen and oxygen atoms in total. The maximum Gasteiger partial charge on any atom is 0.246 e. The highest BCUT2D eigenvalue weighted by molar-refractivity contribution is 9.12. The molecule has 1 aromatic heterocycles. The normalized spacial score (nSPS) is 20.3. The van der Waals surface area contributed by atoms with Gasteiger partial charge in [-0.25, -0.2) is 8.42 Å². The van der Waals surface area contributed by atoms with E-state index in [2.05, 4.69) is 37.2 Å². The Morgan fingerprint density at radius 3 is 2.58 bits per heavy atom. The number of piperazine rings is 1. The minimum atomic E-state index is -3.71. The van der Waals surface area contributed by atoms with E-state index in [1.165, 1.54) is 15.6 Å². The molecule has 0 spiro atoms. The van der Waals surface area contributed by atoms with E-state index in [0.29, 0.717) is 10.3 Å². The first kappa shape index (κ1) is 15.4. The van der Waals surface area contributed by atoms with Gasteiger partial charge in [-0.3, -0.25) is 4.79 Å². The zero-order valence-corrected chi connectivity index (χ0v) is 15.0. The fourth-order valence-electron chi connectivity index (χ4n) is 1.92. The van der Waals surface area contributed by atoms with Crippen LogP contribution in [0, 0.1) is 0 Å². The van der Waals surface area contributed by atoms with E-state index in [1.54, 1.807) is 19.9 Å². The van der Waals surface area contributed by atoms with Crippen LogP contribution in [0.3, 0.4) is 0 Å². The number of nitrogens with zero attached hydrogens (tertiary/aromatic N) is 1. The Hall–Kier alpha value is 0.0400. The first-order chi connectivity index (χ1) is 8.67. The molecule has 0 aliphatic carbocycles. The summed E-state index contributed by atoms with van der Waals surface area (Å²) in [4.78, 5) is 12.0. The summed E-state index contributed by atoms with van der Waals surface area (Å²) in [6, 6.07) is 1.55. The van der Waals surface area contributed by atoms with Gasteiger partial charge < -0.3 is 5.32 Å². The number of hydrogen-bond donors (Lipinski definition) is 1. The van der Waals surface area contributed by atoms with Gasteiger partial charge in [0.25, 0.3) is 0 Å². The molecule has 2 rings (SSSR count). The number of carbonyl (C=O) groups is 1. The molecular formula is C10H12Br2N2O3S2. The van der Waals surface area contributed by atoms with Crippen molar-refractivity contribution in [1.29, 1.82) is 0 Å². The molecular weight excluding hydrogens is 420 g/mol. The molecule has 1 saturated heterocycles. The molecule has 0 saturated carbocycles. The lowest BCUT2D eigenvalue weighted by atomic mass is 10.0. The predicted octanol–water partition coefficient (Wildman–Crippen LogP) is 2.17. The molecule has 1 N–H and O–H groups in total. The molecule has 1 aromatic rings. The Labute approximate surface area is 132 Å². The summed E-state index contributed by atoms with van der Waals surface area (Å²) in [7, 11) is -3.71. The van der Waals surface area contributed by atoms with Crippen LogP contribution in [-0.2, 0) is 14.8 Å². The Morgan fingerprint density at radius 2 is 2.05 bits per heavy atom. The molecule has 0 radical (unpaired) electrons. The third kappa shape index (κ3) is 2.63. The fraction of sp³-hybridized carbons (Fsp3) is 0.500. The quantitative estimate of drug-likeness (QED) is 0.780. The van der Waals surface area contributed by atoms with Crippen LogP contribution in [0.25, 0.3) is 0 Å². The Kier molecular flexibility index (Phi) is 4.14. The van der Waals surface area contributed by atoms with Crippen LogP contribution in [0.5, 0.6) is 0 Å². The summed E-state index contributed by atoms with van der Waals surface area (Å²) in [6.07, 6.45) is 0. The number of carbonyl (C=O) groups excluding carboxylic acids is 1. The molecule has 0 atom stereocenters. The molecule has 0 bridgehead atoms. The largest absolute Gasteiger partial charge is 0.353 e. The van der Waals surface area contributed by atoms with Crippen molar-refractivity contribution < 1.29 is 13.2 Å². The summed E-state index contributed by atoms with van der Waals surface area (Å²) >= 11 is 7.81. The van der Waals surface area contributed by atoms with Gasteiger partial charge in [-0.1, -0.05) is 0 Å². The average Bonchev–Trinajstić information content (AvgIpc) is 2.62. The molecule has 1 fully saturated rings. The summed E-state index contributed by atoms with van der Waals surface area (Å²) in [5.41, 5.74) is -1.09. The van der Waals surface area contributed by atoms with Crippen LogP contribution in [-0.4, -0.2) is 37.3 Å². The van der Waals surface area contributed by atoms with E-state index in [4.69, 9.17) is 0 Å². The van der Waals surface area contributed by atoms with Crippen LogP contribution in [0.4, 0.5) is 0 Å². The standard InChI is InChI=1S/C10H12Br2N2O3S2/c1-10(2)9(15)13-3-4-14(10)19(16,17)6-5-7(11)18-8(6)12/h5H,3-4H2,1-2H3,(H,13,15). The lowest BCUT2D eigenvalue weighted by molar-refractivity contribution is -0.131. The van der Waals surface area contributed by atoms with Gasteiger partial charge in [-0.05, 0) is 51.8 Å². The van der Waals surface area contributed by atoms with Crippen LogP contribution in [0.1, 0.15) is 13.8 Å². The van der Waals surface area contributed by atoms with Crippen LogP contribution in [0.2, 0.25) is 0 Å². The van der Waals surface area contributed by atoms with E-state index in [0.717, 1.165) is 3.79 Å². The molecule has 9 heteroatoms. The maximum absolute atomic E-state index is 12.7. The van der Waals surface area contributed by atoms with Gasteiger partial charge in [0.2, 0.25) is 15.9 Å². The molecule has 0 aromatic carbocycles. The van der Waals surface area contributed by atoms with E-state index in [9.17, 15) is 13.2 Å². The molecule has 2 heterocycles. The van der Waals surface area contributed by atoms with Gasteiger partial charge in [0.15, 0.2) is 0 Å². The van der Waals surface area contributed by atoms with E-state index < -0.39 is 15.6 Å². The van der Waals surface area contributed by atoms with E-state index in [-0.39, 0.29) is 17.3 Å². The average molecular weight is 432 g/mol. The highest BCUT2D eigenvalue weighted by atomic mass is 79.9. The molecule has 1 aliphatic rings. The van der Waals surface area contributed by atoms with Crippen molar-refractivity contribution in [3.05, 3.63) is 13.6 Å². The van der Waals surface area contributed by atoms with Crippen LogP contribution < -0.4 is 5.32 Å². The van der Waals surface area contributed by atoms with Gasteiger partial charge in [0.1, 0.15) is 10.4 Å². The number of rotatable bonds is 2. The number of thiophene rings is 1. The monoisotopic (exact) mass is 430 g/mol. The van der Waals surface area contributed by atoms with E-state index in [1.807, 2.05) is 0 Å². The smallest absolute Gasteiger partial charge is 0.246 e. The number of sulfonamides is 1. The van der Waals surface area contributed by atoms with Crippen LogP contribution in [0.15, 0.2) is 18.5 Å². The lowest BCUT2D eigenvalue weighted by Crippen LogP contribution is -2.63. The van der Waals surface area contributed by atoms with Crippen molar-refractivity contribution in [2.45, 2.75) is 24.3 Å². The fourth-order valence-corrected chi connectivity index (χ4v) is 7.43. The topological polar surface area (TPSA) is 66.5 Å². The second-order valence-electron chi connectivity index (χ2n) is 4.58. The van der Waals surface area contributed by atoms with Gasteiger partial charge in [0.05, 0.1) is 7.57 Å². The zero-order valence-electron chi connectivity index (χ0n) is 10.2. The summed E-state index contributed by atoms with van der Waals surface area (Å²) in [5.74, 6) is -0.284. The highest BCUT2D eigenvalue weighted by Crippen LogP contribution is 2.38. The van der Waals surface area contributed by atoms with Gasteiger partial charge in [-0.15, -0.1) is 11.3 Å². The SMILES string of the molecule is CC1(C)C(=O)NCCN1S(=O)(=O)c1cc(Br)sc1Br. The third-order valence-corrected chi connectivity index (χ3v) is 7.80. The van der Waals surface area contributed by atoms with Gasteiger partial charge >= 0.3 is 0 Å². The summed E-state index contributed by atoms with van der Waals surface area (Å²) in [6.45, 7) is 3.80. The molecule has 1 amide bonds. The number of halogens is 2. The van der Waals surface area contributed by atoms with Gasteiger partial charge in [0, 0.05) is 13.1 Å². The second kappa shape index (κ2) is 5.10. The predicted molar refractivity (Wildman–Crippen MR) is 80.7 cm³/mol. The number of nitrogens with one attached hydrogen (secondary N) is 1. The minimum absolute atomic E-state index is 0.187. The molecule has 1 aliphatic heterocycles. The number of amides is 1. The first-order valence-electron chi connectivity index (χ1n) is 5.43. The summed E-state index contributed by atoms with van der Waals surface area (Å²) in [5, 5.41) is 2.68. The van der Waals surface area contributed by atoms with Crippen LogP contribution >= 0.6 is 43.2 Å². The van der Waals surface area contributed by atoms with Crippen molar-refractivity contribution in [2.24, 2.45) is 0 Å². The zero-order chi connectivity index (χ0) is 14.4. The van der Waals surface area contributed by atoms with Crippen molar-refractivity contribution >= 4 is 59.1 Å². The van der Waals surface area contributed by atoms with Gasteiger partial charge in [-0.2, -0.15) is 4.31 Å². The molecule has 0 unspecified atom stereocenters. The van der Waals surface area contributed by atoms with Crippen molar-refractivity contribution in [1.82, 2.24) is 9.62 Å². The Balaban J connectivity index is 2.50. The van der Waals surface area contributed by atoms with Crippen molar-refractivity contribution in [2.75, 3.05) is 13.1 Å². The minimum Gasteiger partial charge on any atom is -0.353 e. The third-order valence-electron chi connectivity index (χ3n) is 2.97. The maximum atomic E-state index is 12.7. The Bertz CT molecular complexity index is 625. The highest BCUT2D eigenvalue weighted by Gasteiger charge is 2.45. The Morgan fingerprint density at radius 1 is 1.42 bits per heavy atom. The van der Waals surface area contributed by atoms with Crippen molar-refractivity contribution in [3.8, 4) is 0 Å². The first-order valence-corrected chi connectivity index (χ1v) is 9.27. The molecule has 19 heavy (non-hydrogen) atoms. The molecule has 106 valence electrons. The number of hydrogen-bond acceptors (Lipinski definition) is 4. The van der Waals surface area contributed by atoms with Crippen molar-refractivity contribution in [3.63, 3.8) is 0 Å². The second-order valence-corrected chi connectivity index (χ2v) is 10.2.